The van der Waals surface area contributed by atoms with E-state index >= 15 is 0 Å². The number of carbonyl (C=O) groups excluding carboxylic acids is 1. The molecule has 0 unspecified atom stereocenters. The van der Waals surface area contributed by atoms with Gasteiger partial charge >= 0.3 is 0 Å². The molecule has 1 aliphatic carbocycles. The Labute approximate surface area is 64.8 Å². The number of hydrogen-bond acceptors (Lipinski definition) is 1. The largest absolute Gasteiger partial charge is 0.300 e. The molecule has 1 aliphatic rings. The van der Waals surface area contributed by atoms with Gasteiger partial charge in [-0.25, -0.2) is 0 Å². The zero-order chi connectivity index (χ0) is 7.28. The molecule has 1 saturated carbocycles. The number of carbonyl (C=O) groups is 1. The van der Waals surface area contributed by atoms with Gasteiger partial charge in [-0.1, -0.05) is 28.2 Å². The van der Waals surface area contributed by atoms with Crippen molar-refractivity contribution in [1.29, 1.82) is 0 Å². The molecule has 0 N–H and O–H groups in total. The van der Waals surface area contributed by atoms with E-state index in [0.29, 0.717) is 11.7 Å². The normalized spacial score (nSPS) is 22.7. The minimum atomic E-state index is 0. The van der Waals surface area contributed by atoms with Crippen LogP contribution >= 0.6 is 0 Å². The predicted molar refractivity (Wildman–Crippen MR) is 46.1 cm³/mol. The Morgan fingerprint density at radius 1 is 1.40 bits per heavy atom. The molecule has 0 heterocycles. The van der Waals surface area contributed by atoms with Crippen LogP contribution in [0.5, 0.6) is 0 Å². The van der Waals surface area contributed by atoms with E-state index in [4.69, 9.17) is 0 Å². The van der Waals surface area contributed by atoms with Crippen molar-refractivity contribution in [2.45, 2.75) is 47.5 Å². The Hall–Kier alpha value is -0.330. The first-order valence-electron chi connectivity index (χ1n) is 3.81. The van der Waals surface area contributed by atoms with Crippen LogP contribution < -0.4 is 0 Å². The van der Waals surface area contributed by atoms with Crippen molar-refractivity contribution in [2.24, 2.45) is 5.92 Å². The van der Waals surface area contributed by atoms with Crippen LogP contribution in [0.2, 0.25) is 0 Å². The third-order valence-corrected chi connectivity index (χ3v) is 1.49. The van der Waals surface area contributed by atoms with Gasteiger partial charge in [0, 0.05) is 12.8 Å². The highest BCUT2D eigenvalue weighted by Gasteiger charge is 2.16. The van der Waals surface area contributed by atoms with Gasteiger partial charge in [-0.05, 0) is 12.3 Å². The lowest BCUT2D eigenvalue weighted by molar-refractivity contribution is -0.117. The summed E-state index contributed by atoms with van der Waals surface area (Å²) in [7, 11) is 0. The van der Waals surface area contributed by atoms with Crippen molar-refractivity contribution in [3.05, 3.63) is 0 Å². The smallest absolute Gasteiger partial charge is 0.133 e. The van der Waals surface area contributed by atoms with Crippen molar-refractivity contribution in [2.75, 3.05) is 0 Å². The molecule has 0 amide bonds. The molecule has 0 radical (unpaired) electrons. The maximum absolute atomic E-state index is 10.5. The Kier molecular flexibility index (Phi) is 8.38. The molecule has 0 spiro atoms. The van der Waals surface area contributed by atoms with Crippen LogP contribution in [0, 0.1) is 5.92 Å². The average molecular weight is 144 g/mol. The lowest BCUT2D eigenvalue weighted by atomic mass is 10.1. The van der Waals surface area contributed by atoms with E-state index in [0.717, 1.165) is 19.3 Å². The van der Waals surface area contributed by atoms with Crippen LogP contribution in [0.4, 0.5) is 0 Å². The molecular formula is C9H20O. The van der Waals surface area contributed by atoms with Crippen LogP contribution in [0.1, 0.15) is 47.5 Å². The Balaban J connectivity index is 0. The molecule has 10 heavy (non-hydrogen) atoms. The summed E-state index contributed by atoms with van der Waals surface area (Å²) >= 11 is 0. The molecule has 0 aromatic heterocycles. The number of hydrogen-bond donors (Lipinski definition) is 0. The van der Waals surface area contributed by atoms with Crippen molar-refractivity contribution < 1.29 is 4.79 Å². The monoisotopic (exact) mass is 144 g/mol. The van der Waals surface area contributed by atoms with Gasteiger partial charge in [-0.15, -0.1) is 0 Å². The SMILES string of the molecule is C.CC.C[C@H]1CCC(=O)C1. The molecule has 0 aromatic rings. The fourth-order valence-corrected chi connectivity index (χ4v) is 1.00. The van der Waals surface area contributed by atoms with Gasteiger partial charge in [-0.3, -0.25) is 4.79 Å². The van der Waals surface area contributed by atoms with Crippen molar-refractivity contribution in [3.63, 3.8) is 0 Å². The quantitative estimate of drug-likeness (QED) is 0.510. The highest BCUT2D eigenvalue weighted by Crippen LogP contribution is 2.19. The molecule has 1 atom stereocenters. The highest BCUT2D eigenvalue weighted by atomic mass is 16.1. The third-order valence-electron chi connectivity index (χ3n) is 1.49. The van der Waals surface area contributed by atoms with E-state index in [-0.39, 0.29) is 7.43 Å². The third kappa shape index (κ3) is 4.54. The van der Waals surface area contributed by atoms with Gasteiger partial charge in [0.1, 0.15) is 5.78 Å². The van der Waals surface area contributed by atoms with Crippen LogP contribution in [0.15, 0.2) is 0 Å². The molecular weight excluding hydrogens is 124 g/mol. The number of rotatable bonds is 0. The fraction of sp³-hybridized carbons (Fsp3) is 0.889. The van der Waals surface area contributed by atoms with Crippen molar-refractivity contribution in [3.8, 4) is 0 Å². The summed E-state index contributed by atoms with van der Waals surface area (Å²) < 4.78 is 0. The topological polar surface area (TPSA) is 17.1 Å². The van der Waals surface area contributed by atoms with E-state index < -0.39 is 0 Å². The molecule has 0 bridgehead atoms. The second-order valence-electron chi connectivity index (χ2n) is 2.39. The number of Topliss-reactive ketones (excluding diaryl/α,β-unsaturated/α-hetero) is 1. The molecule has 0 aromatic carbocycles. The summed E-state index contributed by atoms with van der Waals surface area (Å²) in [6, 6.07) is 0. The molecule has 1 fully saturated rings. The Morgan fingerprint density at radius 3 is 2.00 bits per heavy atom. The fourth-order valence-electron chi connectivity index (χ4n) is 1.00. The summed E-state index contributed by atoms with van der Waals surface area (Å²) in [6.45, 7) is 6.13. The first-order chi connectivity index (χ1) is 4.29. The molecule has 0 saturated heterocycles. The van der Waals surface area contributed by atoms with E-state index in [1.54, 1.807) is 0 Å². The van der Waals surface area contributed by atoms with E-state index in [1.807, 2.05) is 13.8 Å². The first-order valence-corrected chi connectivity index (χ1v) is 3.81. The maximum atomic E-state index is 10.5. The molecule has 1 rings (SSSR count). The summed E-state index contributed by atoms with van der Waals surface area (Å²) in [5.74, 6) is 1.12. The van der Waals surface area contributed by atoms with Crippen molar-refractivity contribution in [1.82, 2.24) is 0 Å². The van der Waals surface area contributed by atoms with Crippen LogP contribution in [0.25, 0.3) is 0 Å². The van der Waals surface area contributed by atoms with Gasteiger partial charge < -0.3 is 0 Å². The minimum Gasteiger partial charge on any atom is -0.300 e. The zero-order valence-corrected chi connectivity index (χ0v) is 6.61. The highest BCUT2D eigenvalue weighted by molar-refractivity contribution is 5.80. The van der Waals surface area contributed by atoms with Crippen LogP contribution in [-0.4, -0.2) is 5.78 Å². The van der Waals surface area contributed by atoms with Crippen LogP contribution in [0.3, 0.4) is 0 Å². The molecule has 0 aliphatic heterocycles. The van der Waals surface area contributed by atoms with E-state index in [1.165, 1.54) is 0 Å². The van der Waals surface area contributed by atoms with Crippen LogP contribution in [-0.2, 0) is 4.79 Å². The summed E-state index contributed by atoms with van der Waals surface area (Å²) in [4.78, 5) is 10.5. The average Bonchev–Trinajstić information content (AvgIpc) is 2.20. The standard InChI is InChI=1S/C6H10O.C2H6.CH4/c1-5-2-3-6(7)4-5;1-2;/h5H,2-4H2,1H3;1-2H3;1H4/t5-;;/m0../s1. The van der Waals surface area contributed by atoms with Gasteiger partial charge in [0.25, 0.3) is 0 Å². The molecule has 1 heteroatoms. The van der Waals surface area contributed by atoms with Gasteiger partial charge in [0.05, 0.1) is 0 Å². The first kappa shape index (κ1) is 12.4. The molecule has 1 nitrogen and oxygen atoms in total. The zero-order valence-electron chi connectivity index (χ0n) is 6.61. The predicted octanol–water partition coefficient (Wildman–Crippen LogP) is 3.04. The van der Waals surface area contributed by atoms with Crippen molar-refractivity contribution >= 4 is 5.78 Å². The summed E-state index contributed by atoms with van der Waals surface area (Å²) in [6.07, 6.45) is 2.79. The van der Waals surface area contributed by atoms with E-state index in [9.17, 15) is 4.79 Å². The van der Waals surface area contributed by atoms with E-state index in [2.05, 4.69) is 6.92 Å². The number of ketones is 1. The summed E-state index contributed by atoms with van der Waals surface area (Å²) in [5, 5.41) is 0. The lowest BCUT2D eigenvalue weighted by Crippen LogP contribution is -1.86. The van der Waals surface area contributed by atoms with Gasteiger partial charge in [-0.2, -0.15) is 0 Å². The maximum Gasteiger partial charge on any atom is 0.133 e. The van der Waals surface area contributed by atoms with Gasteiger partial charge in [0.2, 0.25) is 0 Å². The minimum absolute atomic E-state index is 0. The summed E-state index contributed by atoms with van der Waals surface area (Å²) in [5.41, 5.74) is 0. The van der Waals surface area contributed by atoms with Gasteiger partial charge in [0.15, 0.2) is 0 Å². The lowest BCUT2D eigenvalue weighted by Gasteiger charge is -1.90. The second-order valence-corrected chi connectivity index (χ2v) is 2.39. The Bertz CT molecular complexity index is 86.7. The molecule has 62 valence electrons. The Morgan fingerprint density at radius 2 is 1.90 bits per heavy atom. The second kappa shape index (κ2) is 6.79.